The van der Waals surface area contributed by atoms with E-state index in [1.165, 1.54) is 18.5 Å². The van der Waals surface area contributed by atoms with Gasteiger partial charge in [-0.1, -0.05) is 0 Å². The van der Waals surface area contributed by atoms with Crippen LogP contribution in [0.3, 0.4) is 0 Å². The zero-order valence-corrected chi connectivity index (χ0v) is 8.45. The maximum Gasteiger partial charge on any atom is 0.195 e. The first-order chi connectivity index (χ1) is 8.13. The number of rotatable bonds is 2. The van der Waals surface area contributed by atoms with Crippen molar-refractivity contribution in [2.24, 2.45) is 0 Å². The van der Waals surface area contributed by atoms with Gasteiger partial charge in [-0.25, -0.2) is 13.2 Å². The second-order valence-corrected chi connectivity index (χ2v) is 3.35. The van der Waals surface area contributed by atoms with Gasteiger partial charge in [0, 0.05) is 29.1 Å². The number of pyridine rings is 1. The van der Waals surface area contributed by atoms with E-state index in [9.17, 15) is 18.0 Å². The molecule has 1 aromatic heterocycles. The molecule has 1 aromatic carbocycles. The highest BCUT2D eigenvalue weighted by molar-refractivity contribution is 5.78. The summed E-state index contributed by atoms with van der Waals surface area (Å²) >= 11 is 0. The van der Waals surface area contributed by atoms with Gasteiger partial charge in [-0.3, -0.25) is 9.78 Å². The standard InChI is InChI=1S/C12H6F3NO/c13-10-2-1-9(11(14)12(10)15)8-3-7(6-17)4-16-5-8/h1-6H. The number of nitrogens with zero attached hydrogens (tertiary/aromatic N) is 1. The molecule has 1 heterocycles. The van der Waals surface area contributed by atoms with Crippen LogP contribution < -0.4 is 0 Å². The van der Waals surface area contributed by atoms with E-state index in [1.807, 2.05) is 0 Å². The molecule has 0 aliphatic carbocycles. The minimum Gasteiger partial charge on any atom is -0.298 e. The third-order valence-electron chi connectivity index (χ3n) is 2.24. The van der Waals surface area contributed by atoms with Gasteiger partial charge in [0.2, 0.25) is 0 Å². The molecule has 2 rings (SSSR count). The molecule has 0 aliphatic rings. The molecule has 0 saturated heterocycles. The summed E-state index contributed by atoms with van der Waals surface area (Å²) in [4.78, 5) is 14.2. The quantitative estimate of drug-likeness (QED) is 0.593. The van der Waals surface area contributed by atoms with Crippen molar-refractivity contribution in [2.75, 3.05) is 0 Å². The molecule has 0 unspecified atom stereocenters. The predicted molar refractivity (Wildman–Crippen MR) is 54.9 cm³/mol. The molecule has 86 valence electrons. The number of carbonyl (C=O) groups is 1. The average Bonchev–Trinajstić information content (AvgIpc) is 2.36. The Morgan fingerprint density at radius 1 is 1.06 bits per heavy atom. The first-order valence-corrected chi connectivity index (χ1v) is 4.67. The Morgan fingerprint density at radius 3 is 2.53 bits per heavy atom. The van der Waals surface area contributed by atoms with Crippen molar-refractivity contribution in [1.82, 2.24) is 4.98 Å². The third-order valence-corrected chi connectivity index (χ3v) is 2.24. The molecule has 5 heteroatoms. The summed E-state index contributed by atoms with van der Waals surface area (Å²) < 4.78 is 39.2. The van der Waals surface area contributed by atoms with Crippen LogP contribution in [0.4, 0.5) is 13.2 Å². The topological polar surface area (TPSA) is 30.0 Å². The number of benzene rings is 1. The van der Waals surface area contributed by atoms with Crippen molar-refractivity contribution in [1.29, 1.82) is 0 Å². The second-order valence-electron chi connectivity index (χ2n) is 3.35. The minimum absolute atomic E-state index is 0.139. The van der Waals surface area contributed by atoms with Gasteiger partial charge in [-0.15, -0.1) is 0 Å². The van der Waals surface area contributed by atoms with Crippen LogP contribution in [-0.2, 0) is 0 Å². The molecule has 0 atom stereocenters. The Balaban J connectivity index is 2.60. The molecule has 17 heavy (non-hydrogen) atoms. The maximum atomic E-state index is 13.5. The minimum atomic E-state index is -1.54. The Labute approximate surface area is 94.7 Å². The van der Waals surface area contributed by atoms with Crippen LogP contribution in [0.1, 0.15) is 10.4 Å². The summed E-state index contributed by atoms with van der Waals surface area (Å²) in [5.41, 5.74) is 0.303. The number of carbonyl (C=O) groups excluding carboxylic acids is 1. The fraction of sp³-hybridized carbons (Fsp3) is 0. The first-order valence-electron chi connectivity index (χ1n) is 4.67. The Hall–Kier alpha value is -2.17. The summed E-state index contributed by atoms with van der Waals surface area (Å²) in [7, 11) is 0. The third kappa shape index (κ3) is 2.04. The van der Waals surface area contributed by atoms with Crippen LogP contribution in [0.2, 0.25) is 0 Å². The van der Waals surface area contributed by atoms with Crippen molar-refractivity contribution in [3.05, 3.63) is 53.6 Å². The number of halogens is 3. The maximum absolute atomic E-state index is 13.5. The largest absolute Gasteiger partial charge is 0.298 e. The van der Waals surface area contributed by atoms with Crippen LogP contribution in [0, 0.1) is 17.5 Å². The molecule has 2 aromatic rings. The lowest BCUT2D eigenvalue weighted by Gasteiger charge is -2.04. The van der Waals surface area contributed by atoms with E-state index in [2.05, 4.69) is 4.98 Å². The lowest BCUT2D eigenvalue weighted by Crippen LogP contribution is -1.95. The molecular weight excluding hydrogens is 231 g/mol. The van der Waals surface area contributed by atoms with Crippen molar-refractivity contribution >= 4 is 6.29 Å². The lowest BCUT2D eigenvalue weighted by atomic mass is 10.1. The number of aldehydes is 1. The second kappa shape index (κ2) is 4.37. The SMILES string of the molecule is O=Cc1cncc(-c2ccc(F)c(F)c2F)c1. The normalized spacial score (nSPS) is 10.3. The molecule has 0 aliphatic heterocycles. The molecule has 0 bridgehead atoms. The molecule has 0 spiro atoms. The molecule has 0 radical (unpaired) electrons. The van der Waals surface area contributed by atoms with Crippen molar-refractivity contribution in [3.63, 3.8) is 0 Å². The summed E-state index contributed by atoms with van der Waals surface area (Å²) in [6.07, 6.45) is 3.09. The fourth-order valence-electron chi connectivity index (χ4n) is 1.42. The summed E-state index contributed by atoms with van der Waals surface area (Å²) in [5.74, 6) is -4.10. The van der Waals surface area contributed by atoms with Crippen LogP contribution in [0.15, 0.2) is 30.6 Å². The van der Waals surface area contributed by atoms with E-state index in [-0.39, 0.29) is 16.7 Å². The molecule has 0 saturated carbocycles. The predicted octanol–water partition coefficient (Wildman–Crippen LogP) is 2.98. The van der Waals surface area contributed by atoms with Crippen LogP contribution in [0.25, 0.3) is 11.1 Å². The summed E-state index contributed by atoms with van der Waals surface area (Å²) in [6.45, 7) is 0. The van der Waals surface area contributed by atoms with Gasteiger partial charge < -0.3 is 0 Å². The monoisotopic (exact) mass is 237 g/mol. The van der Waals surface area contributed by atoms with Crippen molar-refractivity contribution in [2.45, 2.75) is 0 Å². The van der Waals surface area contributed by atoms with Gasteiger partial charge >= 0.3 is 0 Å². The van der Waals surface area contributed by atoms with Crippen molar-refractivity contribution in [3.8, 4) is 11.1 Å². The highest BCUT2D eigenvalue weighted by Gasteiger charge is 2.14. The van der Waals surface area contributed by atoms with E-state index >= 15 is 0 Å². The Morgan fingerprint density at radius 2 is 1.82 bits per heavy atom. The van der Waals surface area contributed by atoms with Gasteiger partial charge in [0.25, 0.3) is 0 Å². The Bertz CT molecular complexity index is 584. The molecular formula is C12H6F3NO. The summed E-state index contributed by atoms with van der Waals surface area (Å²) in [6, 6.07) is 3.26. The van der Waals surface area contributed by atoms with Gasteiger partial charge in [-0.2, -0.15) is 0 Å². The smallest absolute Gasteiger partial charge is 0.195 e. The van der Waals surface area contributed by atoms with E-state index in [1.54, 1.807) is 0 Å². The van der Waals surface area contributed by atoms with E-state index in [0.29, 0.717) is 6.29 Å². The molecule has 0 fully saturated rings. The highest BCUT2D eigenvalue weighted by atomic mass is 19.2. The zero-order valence-electron chi connectivity index (χ0n) is 8.45. The molecule has 0 amide bonds. The number of hydrogen-bond donors (Lipinski definition) is 0. The van der Waals surface area contributed by atoms with Crippen LogP contribution in [0.5, 0.6) is 0 Å². The average molecular weight is 237 g/mol. The number of aromatic nitrogens is 1. The van der Waals surface area contributed by atoms with Gasteiger partial charge in [0.05, 0.1) is 0 Å². The van der Waals surface area contributed by atoms with Crippen LogP contribution >= 0.6 is 0 Å². The first kappa shape index (κ1) is 11.3. The molecule has 0 N–H and O–H groups in total. The van der Waals surface area contributed by atoms with Gasteiger partial charge in [-0.05, 0) is 18.2 Å². The lowest BCUT2D eigenvalue weighted by molar-refractivity contribution is 0.112. The van der Waals surface area contributed by atoms with Crippen LogP contribution in [-0.4, -0.2) is 11.3 Å². The zero-order chi connectivity index (χ0) is 12.4. The van der Waals surface area contributed by atoms with Crippen molar-refractivity contribution < 1.29 is 18.0 Å². The van der Waals surface area contributed by atoms with E-state index in [4.69, 9.17) is 0 Å². The summed E-state index contributed by atoms with van der Waals surface area (Å²) in [5, 5.41) is 0. The number of hydrogen-bond acceptors (Lipinski definition) is 2. The van der Waals surface area contributed by atoms with E-state index < -0.39 is 17.5 Å². The fourth-order valence-corrected chi connectivity index (χ4v) is 1.42. The molecule has 2 nitrogen and oxygen atoms in total. The van der Waals surface area contributed by atoms with Gasteiger partial charge in [0.1, 0.15) is 0 Å². The Kier molecular flexibility index (Phi) is 2.91. The highest BCUT2D eigenvalue weighted by Crippen LogP contribution is 2.25. The van der Waals surface area contributed by atoms with E-state index in [0.717, 1.165) is 12.1 Å². The van der Waals surface area contributed by atoms with Gasteiger partial charge in [0.15, 0.2) is 23.7 Å².